The second kappa shape index (κ2) is 5.97. The molecule has 90 valence electrons. The molecule has 0 aliphatic heterocycles. The zero-order chi connectivity index (χ0) is 12.1. The van der Waals surface area contributed by atoms with E-state index in [0.717, 1.165) is 12.0 Å². The van der Waals surface area contributed by atoms with Crippen molar-refractivity contribution in [2.75, 3.05) is 6.61 Å². The second-order valence-corrected chi connectivity index (χ2v) is 4.32. The highest BCUT2D eigenvalue weighted by molar-refractivity contribution is 5.26. The van der Waals surface area contributed by atoms with Crippen molar-refractivity contribution in [3.8, 4) is 0 Å². The van der Waals surface area contributed by atoms with Crippen LogP contribution in [-0.2, 0) is 4.74 Å². The predicted octanol–water partition coefficient (Wildman–Crippen LogP) is 2.95. The minimum Gasteiger partial charge on any atom is -0.379 e. The molecule has 0 spiro atoms. The normalized spacial score (nSPS) is 13.1. The van der Waals surface area contributed by atoms with E-state index >= 15 is 0 Å². The van der Waals surface area contributed by atoms with Crippen molar-refractivity contribution in [2.45, 2.75) is 39.3 Å². The summed E-state index contributed by atoms with van der Waals surface area (Å²) in [6, 6.07) is 4.92. The molecule has 2 N–H and O–H groups in total. The molecule has 0 saturated carbocycles. The van der Waals surface area contributed by atoms with Gasteiger partial charge >= 0.3 is 0 Å². The molecule has 0 fully saturated rings. The van der Waals surface area contributed by atoms with Crippen molar-refractivity contribution in [1.29, 1.82) is 0 Å². The molecule has 0 saturated heterocycles. The summed E-state index contributed by atoms with van der Waals surface area (Å²) in [7, 11) is 0. The first-order chi connectivity index (χ1) is 7.50. The summed E-state index contributed by atoms with van der Waals surface area (Å²) in [6.07, 6.45) is 0.977. The van der Waals surface area contributed by atoms with Crippen LogP contribution in [0.5, 0.6) is 0 Å². The molecule has 3 heteroatoms. The Morgan fingerprint density at radius 2 is 2.06 bits per heavy atom. The van der Waals surface area contributed by atoms with E-state index in [9.17, 15) is 4.39 Å². The Labute approximate surface area is 96.6 Å². The minimum absolute atomic E-state index is 0.0851. The van der Waals surface area contributed by atoms with Crippen molar-refractivity contribution in [1.82, 2.24) is 0 Å². The molecule has 0 aliphatic carbocycles. The van der Waals surface area contributed by atoms with Crippen LogP contribution >= 0.6 is 0 Å². The van der Waals surface area contributed by atoms with Crippen LogP contribution in [0.25, 0.3) is 0 Å². The van der Waals surface area contributed by atoms with Gasteiger partial charge in [-0.15, -0.1) is 0 Å². The van der Waals surface area contributed by atoms with Crippen LogP contribution in [0.4, 0.5) is 4.39 Å². The van der Waals surface area contributed by atoms with Crippen molar-refractivity contribution < 1.29 is 9.13 Å². The van der Waals surface area contributed by atoms with Gasteiger partial charge in [0.05, 0.1) is 6.10 Å². The summed E-state index contributed by atoms with van der Waals surface area (Å²) in [6.45, 7) is 6.37. The summed E-state index contributed by atoms with van der Waals surface area (Å²) >= 11 is 0. The number of benzene rings is 1. The second-order valence-electron chi connectivity index (χ2n) is 4.32. The third-order valence-electron chi connectivity index (χ3n) is 2.49. The zero-order valence-electron chi connectivity index (χ0n) is 10.2. The molecule has 0 radical (unpaired) electrons. The maximum Gasteiger partial charge on any atom is 0.126 e. The lowest BCUT2D eigenvalue weighted by molar-refractivity contribution is 0.0736. The maximum absolute atomic E-state index is 13.1. The van der Waals surface area contributed by atoms with E-state index in [-0.39, 0.29) is 18.0 Å². The number of nitrogens with two attached hydrogens (primary N) is 1. The van der Waals surface area contributed by atoms with Crippen molar-refractivity contribution in [3.63, 3.8) is 0 Å². The van der Waals surface area contributed by atoms with E-state index < -0.39 is 0 Å². The molecular weight excluding hydrogens is 205 g/mol. The summed E-state index contributed by atoms with van der Waals surface area (Å²) in [5.41, 5.74) is 7.60. The van der Waals surface area contributed by atoms with Crippen LogP contribution in [0, 0.1) is 12.7 Å². The first-order valence-corrected chi connectivity index (χ1v) is 5.64. The smallest absolute Gasteiger partial charge is 0.126 e. The number of aryl methyl sites for hydroxylation is 1. The molecule has 0 heterocycles. The van der Waals surface area contributed by atoms with E-state index in [1.54, 1.807) is 19.1 Å². The monoisotopic (exact) mass is 225 g/mol. The van der Waals surface area contributed by atoms with Crippen LogP contribution in [0.1, 0.15) is 37.4 Å². The first kappa shape index (κ1) is 13.1. The SMILES string of the molecule is Cc1cc(C(N)CCOC(C)C)ccc1F. The molecular formula is C13H20FNO. The third-order valence-corrected chi connectivity index (χ3v) is 2.49. The Hall–Kier alpha value is -0.930. The molecule has 2 nitrogen and oxygen atoms in total. The standard InChI is InChI=1S/C13H20FNO/c1-9(2)16-7-6-13(15)11-4-5-12(14)10(3)8-11/h4-5,8-9,13H,6-7,15H2,1-3H3. The van der Waals surface area contributed by atoms with Gasteiger partial charge in [0, 0.05) is 12.6 Å². The first-order valence-electron chi connectivity index (χ1n) is 5.64. The van der Waals surface area contributed by atoms with Gasteiger partial charge in [-0.1, -0.05) is 12.1 Å². The van der Waals surface area contributed by atoms with Crippen molar-refractivity contribution >= 4 is 0 Å². The lowest BCUT2D eigenvalue weighted by Gasteiger charge is -2.14. The van der Waals surface area contributed by atoms with Crippen LogP contribution < -0.4 is 5.73 Å². The molecule has 1 unspecified atom stereocenters. The quantitative estimate of drug-likeness (QED) is 0.836. The molecule has 0 bridgehead atoms. The van der Waals surface area contributed by atoms with Crippen molar-refractivity contribution in [2.24, 2.45) is 5.73 Å². The van der Waals surface area contributed by atoms with Gasteiger partial charge in [0.2, 0.25) is 0 Å². The van der Waals surface area contributed by atoms with Gasteiger partial charge in [0.1, 0.15) is 5.82 Å². The summed E-state index contributed by atoms with van der Waals surface area (Å²) < 4.78 is 18.5. The predicted molar refractivity (Wildman–Crippen MR) is 63.8 cm³/mol. The van der Waals surface area contributed by atoms with Gasteiger partial charge in [0.15, 0.2) is 0 Å². The Kier molecular flexibility index (Phi) is 4.90. The van der Waals surface area contributed by atoms with Crippen LogP contribution in [0.15, 0.2) is 18.2 Å². The Morgan fingerprint density at radius 3 is 2.62 bits per heavy atom. The minimum atomic E-state index is -0.186. The average Bonchev–Trinajstić information content (AvgIpc) is 2.21. The van der Waals surface area contributed by atoms with Gasteiger partial charge in [-0.2, -0.15) is 0 Å². The fourth-order valence-electron chi connectivity index (χ4n) is 1.50. The summed E-state index contributed by atoms with van der Waals surface area (Å²) in [5, 5.41) is 0. The third kappa shape index (κ3) is 3.91. The van der Waals surface area contributed by atoms with Crippen molar-refractivity contribution in [3.05, 3.63) is 35.1 Å². The highest BCUT2D eigenvalue weighted by atomic mass is 19.1. The van der Waals surface area contributed by atoms with Gasteiger partial charge in [0.25, 0.3) is 0 Å². The lowest BCUT2D eigenvalue weighted by Crippen LogP contribution is -2.15. The molecule has 1 aromatic carbocycles. The number of rotatable bonds is 5. The molecule has 1 aromatic rings. The molecule has 1 rings (SSSR count). The average molecular weight is 225 g/mol. The van der Waals surface area contributed by atoms with E-state index in [0.29, 0.717) is 12.2 Å². The molecule has 0 amide bonds. The molecule has 0 aliphatic rings. The molecule has 1 atom stereocenters. The van der Waals surface area contributed by atoms with E-state index in [2.05, 4.69) is 0 Å². The van der Waals surface area contributed by atoms with E-state index in [4.69, 9.17) is 10.5 Å². The number of hydrogen-bond donors (Lipinski definition) is 1. The Bertz CT molecular complexity index is 339. The topological polar surface area (TPSA) is 35.2 Å². The fourth-order valence-corrected chi connectivity index (χ4v) is 1.50. The van der Waals surface area contributed by atoms with Gasteiger partial charge in [-0.05, 0) is 44.4 Å². The molecule has 0 aromatic heterocycles. The summed E-state index contributed by atoms with van der Waals surface area (Å²) in [5.74, 6) is -0.186. The zero-order valence-corrected chi connectivity index (χ0v) is 10.2. The highest BCUT2D eigenvalue weighted by Crippen LogP contribution is 2.17. The molecule has 16 heavy (non-hydrogen) atoms. The van der Waals surface area contributed by atoms with Crippen LogP contribution in [0.3, 0.4) is 0 Å². The number of hydrogen-bond acceptors (Lipinski definition) is 2. The lowest BCUT2D eigenvalue weighted by atomic mass is 10.0. The summed E-state index contributed by atoms with van der Waals surface area (Å²) in [4.78, 5) is 0. The Morgan fingerprint density at radius 1 is 1.38 bits per heavy atom. The van der Waals surface area contributed by atoms with Gasteiger partial charge in [-0.25, -0.2) is 4.39 Å². The fraction of sp³-hybridized carbons (Fsp3) is 0.538. The van der Waals surface area contributed by atoms with E-state index in [1.165, 1.54) is 6.07 Å². The maximum atomic E-state index is 13.1. The number of ether oxygens (including phenoxy) is 1. The van der Waals surface area contributed by atoms with Crippen LogP contribution in [0.2, 0.25) is 0 Å². The van der Waals surface area contributed by atoms with Gasteiger partial charge < -0.3 is 10.5 Å². The van der Waals surface area contributed by atoms with E-state index in [1.807, 2.05) is 13.8 Å². The largest absolute Gasteiger partial charge is 0.379 e. The number of halogens is 1. The highest BCUT2D eigenvalue weighted by Gasteiger charge is 2.08. The van der Waals surface area contributed by atoms with Gasteiger partial charge in [-0.3, -0.25) is 0 Å². The van der Waals surface area contributed by atoms with Crippen LogP contribution in [-0.4, -0.2) is 12.7 Å². The Balaban J connectivity index is 2.52.